The van der Waals surface area contributed by atoms with Crippen LogP contribution >= 0.6 is 7.37 Å². The molecule has 0 bridgehead atoms. The van der Waals surface area contributed by atoms with Crippen LogP contribution in [-0.2, 0) is 21.6 Å². The van der Waals surface area contributed by atoms with Crippen molar-refractivity contribution in [3.05, 3.63) is 0 Å². The maximum Gasteiger partial charge on any atom is 1.00 e. The van der Waals surface area contributed by atoms with Crippen molar-refractivity contribution >= 4 is 7.37 Å². The molecule has 0 N–H and O–H groups in total. The van der Waals surface area contributed by atoms with E-state index in [0.717, 1.165) is 0 Å². The molecule has 4 heteroatoms. The van der Waals surface area contributed by atoms with Crippen LogP contribution in [0.4, 0.5) is 0 Å². The molecule has 0 unspecified atom stereocenters. The van der Waals surface area contributed by atoms with Gasteiger partial charge in [-0.3, -0.25) is 0 Å². The quantitative estimate of drug-likeness (QED) is 0.467. The first-order chi connectivity index (χ1) is 3.12. The first-order valence-corrected chi connectivity index (χ1v) is 4.41. The van der Waals surface area contributed by atoms with Crippen molar-refractivity contribution in [2.45, 2.75) is 13.8 Å². The molecule has 0 aliphatic heterocycles. The first-order valence-electron chi connectivity index (χ1n) is 2.41. The Labute approximate surface area is 60.6 Å². The summed E-state index contributed by atoms with van der Waals surface area (Å²) in [5, 5.41) is 0. The fraction of sp³-hybridized carbons (Fsp3) is 1.00. The average molecular weight is 185 g/mol. The molecule has 0 heterocycles. The molecule has 0 saturated heterocycles. The normalized spacial score (nSPS) is 10.4. The van der Waals surface area contributed by atoms with Gasteiger partial charge in [0.25, 0.3) is 0 Å². The van der Waals surface area contributed by atoms with Gasteiger partial charge in [0.15, 0.2) is 0 Å². The van der Waals surface area contributed by atoms with E-state index in [9.17, 15) is 9.46 Å². The third-order valence-corrected chi connectivity index (χ3v) is 2.89. The minimum Gasteiger partial charge on any atom is -0.799 e. The van der Waals surface area contributed by atoms with Crippen molar-refractivity contribution in [3.8, 4) is 0 Å². The van der Waals surface area contributed by atoms with Crippen molar-refractivity contribution in [2.24, 2.45) is 0 Å². The Morgan fingerprint density at radius 2 is 1.62 bits per heavy atom. The van der Waals surface area contributed by atoms with Gasteiger partial charge in [0.2, 0.25) is 0 Å². The largest absolute Gasteiger partial charge is 1.00 e. The van der Waals surface area contributed by atoms with Crippen LogP contribution in [0.1, 0.15) is 13.8 Å². The second kappa shape index (κ2) is 4.58. The van der Waals surface area contributed by atoms with Gasteiger partial charge in [0.05, 0.1) is 0 Å². The smallest absolute Gasteiger partial charge is 0.799 e. The molecule has 2 nitrogen and oxygen atoms in total. The van der Waals surface area contributed by atoms with Crippen LogP contribution in [0.25, 0.3) is 0 Å². The van der Waals surface area contributed by atoms with Crippen molar-refractivity contribution in [1.82, 2.24) is 0 Å². The zero-order chi connectivity index (χ0) is 5.91. The van der Waals surface area contributed by atoms with Crippen molar-refractivity contribution < 1.29 is 26.5 Å². The molecule has 8 heavy (non-hydrogen) atoms. The van der Waals surface area contributed by atoms with Gasteiger partial charge in [-0.1, -0.05) is 13.8 Å². The first kappa shape index (κ1) is 11.5. The van der Waals surface area contributed by atoms with E-state index in [4.69, 9.17) is 0 Å². The van der Waals surface area contributed by atoms with Crippen LogP contribution in [0.3, 0.4) is 0 Å². The van der Waals surface area contributed by atoms with Crippen LogP contribution in [0.5, 0.6) is 0 Å². The van der Waals surface area contributed by atoms with Gasteiger partial charge in [0, 0.05) is 7.37 Å². The molecule has 0 aromatic heterocycles. The van der Waals surface area contributed by atoms with E-state index in [1.807, 2.05) is 0 Å². The molecule has 0 saturated carbocycles. The second-order valence-corrected chi connectivity index (χ2v) is 4.34. The molecule has 54 valence electrons. The summed E-state index contributed by atoms with van der Waals surface area (Å²) in [7, 11) is -2.90. The summed E-state index contributed by atoms with van der Waals surface area (Å²) in [4.78, 5) is 10.4. The second-order valence-electron chi connectivity index (χ2n) is 1.45. The van der Waals surface area contributed by atoms with Gasteiger partial charge in [0.1, 0.15) is 0 Å². The van der Waals surface area contributed by atoms with Gasteiger partial charge in [-0.25, -0.2) is 0 Å². The molecular weight excluding hydrogens is 175 g/mol. The summed E-state index contributed by atoms with van der Waals surface area (Å²) >= 11 is 0. The van der Waals surface area contributed by atoms with E-state index >= 15 is 0 Å². The maximum absolute atomic E-state index is 10.4. The maximum atomic E-state index is 10.4. The van der Waals surface area contributed by atoms with E-state index in [1.54, 1.807) is 13.8 Å². The predicted molar refractivity (Wildman–Crippen MR) is 28.7 cm³/mol. The molecule has 0 atom stereocenters. The molecule has 0 radical (unpaired) electrons. The Balaban J connectivity index is 0. The van der Waals surface area contributed by atoms with Crippen LogP contribution in [0.15, 0.2) is 0 Å². The Kier molecular flexibility index (Phi) is 6.58. The number of hydrogen-bond acceptors (Lipinski definition) is 2. The Morgan fingerprint density at radius 3 is 1.62 bits per heavy atom. The molecular formula is C4H10CuO2P. The molecule has 0 aromatic carbocycles. The molecule has 0 rings (SSSR count). The van der Waals surface area contributed by atoms with Crippen LogP contribution < -0.4 is 4.89 Å². The Bertz CT molecular complexity index is 86.0. The zero-order valence-corrected chi connectivity index (χ0v) is 6.82. The minimum absolute atomic E-state index is 0. The monoisotopic (exact) mass is 184 g/mol. The van der Waals surface area contributed by atoms with Crippen molar-refractivity contribution in [3.63, 3.8) is 0 Å². The van der Waals surface area contributed by atoms with E-state index in [-0.39, 0.29) is 17.1 Å². The third-order valence-electron chi connectivity index (χ3n) is 0.964. The Morgan fingerprint density at radius 1 is 1.38 bits per heavy atom. The molecule has 0 aromatic rings. The zero-order valence-electron chi connectivity index (χ0n) is 4.98. The fourth-order valence-corrected chi connectivity index (χ4v) is 0.671. The number of rotatable bonds is 2. The molecule has 0 aliphatic carbocycles. The van der Waals surface area contributed by atoms with Crippen molar-refractivity contribution in [1.29, 1.82) is 0 Å². The SMILES string of the molecule is CCP(=O)([O-])CC.[Cu+]. The average Bonchev–Trinajstić information content (AvgIpc) is 1.68. The third kappa shape index (κ3) is 4.86. The van der Waals surface area contributed by atoms with E-state index in [2.05, 4.69) is 0 Å². The van der Waals surface area contributed by atoms with Gasteiger partial charge in [-0.2, -0.15) is 0 Å². The summed E-state index contributed by atoms with van der Waals surface area (Å²) in [6.07, 6.45) is 0.590. The Hall–Kier alpha value is 0.709. The van der Waals surface area contributed by atoms with Gasteiger partial charge in [-0.05, 0) is 12.3 Å². The predicted octanol–water partition coefficient (Wildman–Crippen LogP) is 0.662. The van der Waals surface area contributed by atoms with Gasteiger partial charge in [-0.15, -0.1) is 0 Å². The molecule has 0 spiro atoms. The fourth-order valence-electron chi connectivity index (χ4n) is 0.224. The van der Waals surface area contributed by atoms with Gasteiger partial charge >= 0.3 is 17.1 Å². The van der Waals surface area contributed by atoms with E-state index in [1.165, 1.54) is 0 Å². The van der Waals surface area contributed by atoms with Gasteiger partial charge < -0.3 is 9.46 Å². The molecule has 0 aliphatic rings. The summed E-state index contributed by atoms with van der Waals surface area (Å²) in [5.41, 5.74) is 0. The van der Waals surface area contributed by atoms with E-state index in [0.29, 0.717) is 12.3 Å². The van der Waals surface area contributed by atoms with Crippen LogP contribution in [-0.4, -0.2) is 12.3 Å². The van der Waals surface area contributed by atoms with Crippen LogP contribution in [0, 0.1) is 0 Å². The molecule has 0 amide bonds. The van der Waals surface area contributed by atoms with Crippen LogP contribution in [0.2, 0.25) is 0 Å². The molecule has 0 fully saturated rings. The minimum atomic E-state index is -2.90. The topological polar surface area (TPSA) is 40.1 Å². The summed E-state index contributed by atoms with van der Waals surface area (Å²) in [6, 6.07) is 0. The van der Waals surface area contributed by atoms with Crippen molar-refractivity contribution in [2.75, 3.05) is 12.3 Å². The summed E-state index contributed by atoms with van der Waals surface area (Å²) < 4.78 is 10.4. The standard InChI is InChI=1S/C4H11O2P.Cu/c1-3-7(5,6)4-2;/h3-4H2,1-2H3,(H,5,6);/q;+1/p-1. The van der Waals surface area contributed by atoms with E-state index < -0.39 is 7.37 Å². The summed E-state index contributed by atoms with van der Waals surface area (Å²) in [6.45, 7) is 3.33. The number of hydrogen-bond donors (Lipinski definition) is 0. The summed E-state index contributed by atoms with van der Waals surface area (Å²) in [5.74, 6) is 0.